The third-order valence-electron chi connectivity index (χ3n) is 3.11. The summed E-state index contributed by atoms with van der Waals surface area (Å²) in [5.41, 5.74) is 4.29. The van der Waals surface area contributed by atoms with E-state index < -0.39 is 0 Å². The van der Waals surface area contributed by atoms with E-state index >= 15 is 0 Å². The van der Waals surface area contributed by atoms with E-state index in [1.165, 1.54) is 0 Å². The van der Waals surface area contributed by atoms with Crippen LogP contribution in [-0.4, -0.2) is 10.9 Å². The van der Waals surface area contributed by atoms with Crippen LogP contribution in [-0.2, 0) is 4.79 Å². The molecule has 0 saturated carbocycles. The zero-order chi connectivity index (χ0) is 13.4. The summed E-state index contributed by atoms with van der Waals surface area (Å²) in [6.07, 6.45) is 9.71. The number of fused-ring (bicyclic) bond motifs is 1. The Labute approximate surface area is 119 Å². The first kappa shape index (κ1) is 12.1. The van der Waals surface area contributed by atoms with Gasteiger partial charge in [0, 0.05) is 5.57 Å². The smallest absolute Gasteiger partial charge is 0.256 e. The second-order valence-electron chi connectivity index (χ2n) is 4.36. The van der Waals surface area contributed by atoms with Gasteiger partial charge in [0.2, 0.25) is 0 Å². The Morgan fingerprint density at radius 2 is 2.11 bits per heavy atom. The van der Waals surface area contributed by atoms with E-state index in [0.717, 1.165) is 27.1 Å². The summed E-state index contributed by atoms with van der Waals surface area (Å²) in [6, 6.07) is 3.65. The Bertz CT molecular complexity index is 696. The van der Waals surface area contributed by atoms with Gasteiger partial charge in [0.05, 0.1) is 11.4 Å². The lowest BCUT2D eigenvalue weighted by atomic mass is 10.1. The molecule has 1 N–H and O–H groups in total. The predicted octanol–water partition coefficient (Wildman–Crippen LogP) is 3.45. The van der Waals surface area contributed by atoms with Crippen molar-refractivity contribution in [1.82, 2.24) is 4.98 Å². The third-order valence-corrected chi connectivity index (χ3v) is 3.56. The summed E-state index contributed by atoms with van der Waals surface area (Å²) >= 11 is 3.30. The molecule has 0 spiro atoms. The number of carbonyl (C=O) groups excluding carboxylic acids is 1. The number of rotatable bonds is 2. The highest BCUT2D eigenvalue weighted by molar-refractivity contribution is 9.10. The van der Waals surface area contributed by atoms with Gasteiger partial charge in [0.15, 0.2) is 0 Å². The van der Waals surface area contributed by atoms with Crippen LogP contribution >= 0.6 is 15.9 Å². The van der Waals surface area contributed by atoms with Gasteiger partial charge >= 0.3 is 0 Å². The van der Waals surface area contributed by atoms with E-state index in [4.69, 9.17) is 0 Å². The van der Waals surface area contributed by atoms with E-state index in [2.05, 4.69) is 26.2 Å². The molecule has 0 aromatic carbocycles. The van der Waals surface area contributed by atoms with Gasteiger partial charge in [-0.15, -0.1) is 0 Å². The molecule has 3 rings (SSSR count). The number of hydrogen-bond acceptors (Lipinski definition) is 2. The molecule has 3 nitrogen and oxygen atoms in total. The number of aryl methyl sites for hydroxylation is 1. The van der Waals surface area contributed by atoms with Crippen molar-refractivity contribution in [1.29, 1.82) is 0 Å². The SMILES string of the molecule is Cc1nc(Br)ccc1NC(=O)C1=C2C=CC=C2C=C1. The van der Waals surface area contributed by atoms with Crippen molar-refractivity contribution in [3.63, 3.8) is 0 Å². The van der Waals surface area contributed by atoms with Crippen LogP contribution in [0.4, 0.5) is 5.69 Å². The number of allylic oxidation sites excluding steroid dienone is 6. The van der Waals surface area contributed by atoms with Crippen LogP contribution in [0.5, 0.6) is 0 Å². The lowest BCUT2D eigenvalue weighted by Gasteiger charge is -2.08. The maximum Gasteiger partial charge on any atom is 0.256 e. The van der Waals surface area contributed by atoms with Crippen LogP contribution in [0.2, 0.25) is 0 Å². The molecule has 0 radical (unpaired) electrons. The van der Waals surface area contributed by atoms with Crippen molar-refractivity contribution >= 4 is 27.5 Å². The van der Waals surface area contributed by atoms with Gasteiger partial charge < -0.3 is 5.32 Å². The van der Waals surface area contributed by atoms with E-state index in [1.54, 1.807) is 0 Å². The van der Waals surface area contributed by atoms with Crippen LogP contribution in [0.15, 0.2) is 63.8 Å². The first-order chi connectivity index (χ1) is 9.15. The Kier molecular flexibility index (Phi) is 2.95. The van der Waals surface area contributed by atoms with E-state index in [1.807, 2.05) is 49.4 Å². The fourth-order valence-corrected chi connectivity index (χ4v) is 2.54. The molecule has 0 bridgehead atoms. The number of nitrogens with zero attached hydrogens (tertiary/aromatic N) is 1. The van der Waals surface area contributed by atoms with E-state index in [9.17, 15) is 4.79 Å². The molecular weight excluding hydrogens is 304 g/mol. The van der Waals surface area contributed by atoms with Gasteiger partial charge in [-0.1, -0.05) is 24.3 Å². The van der Waals surface area contributed by atoms with E-state index in [0.29, 0.717) is 5.57 Å². The largest absolute Gasteiger partial charge is 0.320 e. The van der Waals surface area contributed by atoms with Crippen LogP contribution in [0.3, 0.4) is 0 Å². The monoisotopic (exact) mass is 314 g/mol. The van der Waals surface area contributed by atoms with E-state index in [-0.39, 0.29) is 5.91 Å². The van der Waals surface area contributed by atoms with Crippen molar-refractivity contribution in [2.45, 2.75) is 6.92 Å². The number of pyridine rings is 1. The van der Waals surface area contributed by atoms with Crippen molar-refractivity contribution in [3.8, 4) is 0 Å². The summed E-state index contributed by atoms with van der Waals surface area (Å²) in [6.45, 7) is 1.86. The number of halogens is 1. The summed E-state index contributed by atoms with van der Waals surface area (Å²) in [5.74, 6) is -0.103. The molecule has 2 aliphatic carbocycles. The maximum atomic E-state index is 12.3. The normalized spacial score (nSPS) is 15.8. The van der Waals surface area contributed by atoms with Crippen LogP contribution in [0.25, 0.3) is 0 Å². The first-order valence-electron chi connectivity index (χ1n) is 5.91. The summed E-state index contributed by atoms with van der Waals surface area (Å²) < 4.78 is 0.759. The topological polar surface area (TPSA) is 42.0 Å². The van der Waals surface area contributed by atoms with Gasteiger partial charge in [-0.25, -0.2) is 4.98 Å². The zero-order valence-corrected chi connectivity index (χ0v) is 11.9. The Hall–Kier alpha value is -1.94. The van der Waals surface area contributed by atoms with Gasteiger partial charge in [0.25, 0.3) is 5.91 Å². The van der Waals surface area contributed by atoms with Gasteiger partial charge in [0.1, 0.15) is 4.60 Å². The Morgan fingerprint density at radius 3 is 2.89 bits per heavy atom. The minimum absolute atomic E-state index is 0.103. The zero-order valence-electron chi connectivity index (χ0n) is 10.3. The molecule has 1 aromatic heterocycles. The lowest BCUT2D eigenvalue weighted by molar-refractivity contribution is -0.112. The molecule has 0 fully saturated rings. The number of carbonyl (C=O) groups is 1. The van der Waals surface area contributed by atoms with Gasteiger partial charge in [-0.2, -0.15) is 0 Å². The van der Waals surface area contributed by atoms with Crippen LogP contribution in [0, 0.1) is 6.92 Å². The number of hydrogen-bond donors (Lipinski definition) is 1. The molecule has 1 aromatic rings. The average Bonchev–Trinajstić information content (AvgIpc) is 2.94. The molecule has 94 valence electrons. The molecule has 4 heteroatoms. The highest BCUT2D eigenvalue weighted by Crippen LogP contribution is 2.30. The fraction of sp³-hybridized carbons (Fsp3) is 0.0667. The third kappa shape index (κ3) is 2.19. The minimum atomic E-state index is -0.103. The second kappa shape index (κ2) is 4.63. The standard InChI is InChI=1S/C15H11BrN2O/c1-9-13(7-8-14(16)17-9)18-15(19)12-6-5-10-3-2-4-11(10)12/h2-8H,1H3,(H,18,19). The molecule has 0 atom stereocenters. The molecular formula is C15H11BrN2O. The quantitative estimate of drug-likeness (QED) is 0.849. The summed E-state index contributed by atoms with van der Waals surface area (Å²) in [7, 11) is 0. The number of aromatic nitrogens is 1. The van der Waals surface area contributed by atoms with Crippen molar-refractivity contribution in [2.75, 3.05) is 5.32 Å². The second-order valence-corrected chi connectivity index (χ2v) is 5.18. The predicted molar refractivity (Wildman–Crippen MR) is 78.7 cm³/mol. The highest BCUT2D eigenvalue weighted by atomic mass is 79.9. The first-order valence-corrected chi connectivity index (χ1v) is 6.70. The van der Waals surface area contributed by atoms with Crippen molar-refractivity contribution in [3.05, 3.63) is 69.5 Å². The Morgan fingerprint density at radius 1 is 1.26 bits per heavy atom. The molecule has 0 aliphatic heterocycles. The number of amides is 1. The number of nitrogens with one attached hydrogen (secondary N) is 1. The molecule has 19 heavy (non-hydrogen) atoms. The highest BCUT2D eigenvalue weighted by Gasteiger charge is 2.20. The molecule has 0 unspecified atom stereocenters. The molecule has 2 aliphatic rings. The van der Waals surface area contributed by atoms with Crippen LogP contribution < -0.4 is 5.32 Å². The summed E-state index contributed by atoms with van der Waals surface area (Å²) in [4.78, 5) is 16.5. The maximum absolute atomic E-state index is 12.3. The van der Waals surface area contributed by atoms with Crippen molar-refractivity contribution in [2.24, 2.45) is 0 Å². The van der Waals surface area contributed by atoms with Gasteiger partial charge in [-0.3, -0.25) is 4.79 Å². The fourth-order valence-electron chi connectivity index (χ4n) is 2.14. The van der Waals surface area contributed by atoms with Gasteiger partial charge in [-0.05, 0) is 52.2 Å². The minimum Gasteiger partial charge on any atom is -0.320 e. The number of anilines is 1. The summed E-state index contributed by atoms with van der Waals surface area (Å²) in [5, 5.41) is 2.90. The molecule has 1 heterocycles. The molecule has 0 saturated heterocycles. The van der Waals surface area contributed by atoms with Crippen molar-refractivity contribution < 1.29 is 4.79 Å². The average molecular weight is 315 g/mol. The Balaban J connectivity index is 1.87. The molecule has 1 amide bonds. The lowest BCUT2D eigenvalue weighted by Crippen LogP contribution is -2.15. The van der Waals surface area contributed by atoms with Crippen LogP contribution in [0.1, 0.15) is 5.69 Å².